The summed E-state index contributed by atoms with van der Waals surface area (Å²) in [5.41, 5.74) is 2.49. The van der Waals surface area contributed by atoms with Crippen LogP contribution in [0.4, 0.5) is 11.4 Å². The minimum Gasteiger partial charge on any atom is -0.495 e. The summed E-state index contributed by atoms with van der Waals surface area (Å²) >= 11 is 6.15. The average Bonchev–Trinajstić information content (AvgIpc) is 2.87. The highest BCUT2D eigenvalue weighted by Gasteiger charge is 2.19. The van der Waals surface area contributed by atoms with Crippen LogP contribution in [0.3, 0.4) is 0 Å². The Balaban J connectivity index is 1.05. The van der Waals surface area contributed by atoms with Crippen molar-refractivity contribution in [2.75, 3.05) is 82.4 Å². The van der Waals surface area contributed by atoms with Gasteiger partial charge in [-0.15, -0.1) is 0 Å². The molecule has 2 aromatic rings. The lowest BCUT2D eigenvalue weighted by Crippen LogP contribution is -2.46. The van der Waals surface area contributed by atoms with E-state index in [9.17, 15) is 0 Å². The fraction of sp³-hybridized carbons (Fsp3) is 0.556. The first kappa shape index (κ1) is 24.2. The Kier molecular flexibility index (Phi) is 9.16. The van der Waals surface area contributed by atoms with Crippen molar-refractivity contribution in [1.29, 1.82) is 0 Å². The number of piperazine rings is 2. The monoisotopic (exact) mass is 470 g/mol. The summed E-state index contributed by atoms with van der Waals surface area (Å²) in [6.07, 6.45) is 5.32. The van der Waals surface area contributed by atoms with Gasteiger partial charge >= 0.3 is 0 Å². The maximum Gasteiger partial charge on any atom is 0.142 e. The van der Waals surface area contributed by atoms with Crippen LogP contribution in [-0.4, -0.2) is 82.4 Å². The smallest absolute Gasteiger partial charge is 0.142 e. The first-order valence-corrected chi connectivity index (χ1v) is 12.9. The van der Waals surface area contributed by atoms with Crippen LogP contribution in [0, 0.1) is 0 Å². The van der Waals surface area contributed by atoms with Gasteiger partial charge in [-0.2, -0.15) is 0 Å². The molecule has 180 valence electrons. The van der Waals surface area contributed by atoms with Gasteiger partial charge in [0, 0.05) is 63.1 Å². The van der Waals surface area contributed by atoms with Crippen LogP contribution < -0.4 is 14.5 Å². The Morgan fingerprint density at radius 3 is 1.91 bits per heavy atom. The van der Waals surface area contributed by atoms with E-state index in [0.717, 1.165) is 63.1 Å². The average molecular weight is 471 g/mol. The second kappa shape index (κ2) is 12.5. The molecule has 4 rings (SSSR count). The van der Waals surface area contributed by atoms with Gasteiger partial charge in [0.05, 0.1) is 12.8 Å². The van der Waals surface area contributed by atoms with E-state index in [2.05, 4.69) is 49.9 Å². The summed E-state index contributed by atoms with van der Waals surface area (Å²) in [5, 5.41) is 0.827. The van der Waals surface area contributed by atoms with E-state index >= 15 is 0 Å². The third-order valence-corrected chi connectivity index (χ3v) is 7.28. The van der Waals surface area contributed by atoms with Crippen LogP contribution in [0.1, 0.15) is 25.7 Å². The summed E-state index contributed by atoms with van der Waals surface area (Å²) in [6.45, 7) is 11.4. The molecule has 2 fully saturated rings. The van der Waals surface area contributed by atoms with Gasteiger partial charge in [0.1, 0.15) is 5.75 Å². The molecule has 0 aliphatic carbocycles. The molecule has 2 aliphatic rings. The van der Waals surface area contributed by atoms with Crippen LogP contribution in [0.2, 0.25) is 5.02 Å². The largest absolute Gasteiger partial charge is 0.495 e. The van der Waals surface area contributed by atoms with Crippen LogP contribution >= 0.6 is 11.6 Å². The molecule has 0 spiro atoms. The van der Waals surface area contributed by atoms with Crippen molar-refractivity contribution < 1.29 is 4.74 Å². The maximum atomic E-state index is 6.15. The third-order valence-electron chi connectivity index (χ3n) is 7.04. The number of nitrogens with zero attached hydrogens (tertiary/aromatic N) is 4. The lowest BCUT2D eigenvalue weighted by atomic mass is 10.1. The van der Waals surface area contributed by atoms with Crippen molar-refractivity contribution in [2.24, 2.45) is 0 Å². The van der Waals surface area contributed by atoms with Gasteiger partial charge in [-0.25, -0.2) is 0 Å². The lowest BCUT2D eigenvalue weighted by molar-refractivity contribution is 0.242. The Hall–Kier alpha value is -1.95. The number of benzene rings is 2. The van der Waals surface area contributed by atoms with Gasteiger partial charge < -0.3 is 14.5 Å². The number of ether oxygens (including phenoxy) is 1. The second-order valence-electron chi connectivity index (χ2n) is 9.22. The van der Waals surface area contributed by atoms with Gasteiger partial charge in [0.2, 0.25) is 0 Å². The minimum atomic E-state index is 0.827. The molecule has 0 amide bonds. The van der Waals surface area contributed by atoms with E-state index in [0.29, 0.717) is 0 Å². The number of anilines is 2. The number of unbranched alkanes of at least 4 members (excludes halogenated alkanes) is 3. The third kappa shape index (κ3) is 7.02. The van der Waals surface area contributed by atoms with Gasteiger partial charge in [-0.1, -0.05) is 42.6 Å². The molecule has 0 aromatic heterocycles. The van der Waals surface area contributed by atoms with Crippen molar-refractivity contribution in [2.45, 2.75) is 25.7 Å². The molecule has 33 heavy (non-hydrogen) atoms. The lowest BCUT2D eigenvalue weighted by Gasteiger charge is -2.36. The Morgan fingerprint density at radius 2 is 1.30 bits per heavy atom. The zero-order chi connectivity index (χ0) is 22.9. The molecule has 5 nitrogen and oxygen atoms in total. The molecule has 6 heteroatoms. The predicted octanol–water partition coefficient (Wildman–Crippen LogP) is 4.85. The van der Waals surface area contributed by atoms with Gasteiger partial charge in [-0.05, 0) is 56.3 Å². The van der Waals surface area contributed by atoms with Gasteiger partial charge in [0.25, 0.3) is 0 Å². The number of halogens is 1. The van der Waals surface area contributed by atoms with Crippen LogP contribution in [0.15, 0.2) is 48.5 Å². The molecule has 2 aliphatic heterocycles. The Labute approximate surface area is 204 Å². The quantitative estimate of drug-likeness (QED) is 0.461. The maximum absolute atomic E-state index is 6.15. The van der Waals surface area contributed by atoms with Crippen LogP contribution in [-0.2, 0) is 0 Å². The second-order valence-corrected chi connectivity index (χ2v) is 9.66. The number of hydrogen-bond donors (Lipinski definition) is 0. The van der Waals surface area contributed by atoms with Crippen molar-refractivity contribution in [3.8, 4) is 5.75 Å². The van der Waals surface area contributed by atoms with Crippen molar-refractivity contribution in [3.05, 3.63) is 53.6 Å². The van der Waals surface area contributed by atoms with E-state index in [1.54, 1.807) is 7.11 Å². The molecule has 0 radical (unpaired) electrons. The van der Waals surface area contributed by atoms with Gasteiger partial charge in [-0.3, -0.25) is 9.80 Å². The molecule has 2 heterocycles. The number of rotatable bonds is 10. The summed E-state index contributed by atoms with van der Waals surface area (Å²) in [5.74, 6) is 0.983. The molecular weight excluding hydrogens is 432 g/mol. The minimum absolute atomic E-state index is 0.827. The van der Waals surface area contributed by atoms with E-state index in [1.807, 2.05) is 18.2 Å². The standard InChI is InChI=1S/C27H39ClN4O/c1-33-27-12-5-4-11-26(27)32-21-17-30(18-22-32)14-7-3-2-6-13-29-15-19-31(20-16-29)25-10-8-9-24(28)23-25/h4-5,8-12,23H,2-3,6-7,13-22H2,1H3. The summed E-state index contributed by atoms with van der Waals surface area (Å²) in [6, 6.07) is 16.6. The number of hydrogen-bond acceptors (Lipinski definition) is 5. The molecular formula is C27H39ClN4O. The predicted molar refractivity (Wildman–Crippen MR) is 140 cm³/mol. The van der Waals surface area contributed by atoms with Crippen LogP contribution in [0.25, 0.3) is 0 Å². The molecule has 0 N–H and O–H groups in total. The number of methoxy groups -OCH3 is 1. The fourth-order valence-electron chi connectivity index (χ4n) is 5.03. The molecule has 0 atom stereocenters. The topological polar surface area (TPSA) is 22.2 Å². The van der Waals surface area contributed by atoms with E-state index < -0.39 is 0 Å². The fourth-order valence-corrected chi connectivity index (χ4v) is 5.21. The van der Waals surface area contributed by atoms with Crippen molar-refractivity contribution in [1.82, 2.24) is 9.80 Å². The summed E-state index contributed by atoms with van der Waals surface area (Å²) < 4.78 is 5.54. The van der Waals surface area contributed by atoms with E-state index in [-0.39, 0.29) is 0 Å². The molecule has 0 unspecified atom stereocenters. The Morgan fingerprint density at radius 1 is 0.697 bits per heavy atom. The summed E-state index contributed by atoms with van der Waals surface area (Å²) in [4.78, 5) is 10.2. The highest BCUT2D eigenvalue weighted by molar-refractivity contribution is 6.30. The van der Waals surface area contributed by atoms with E-state index in [1.165, 1.54) is 50.1 Å². The summed E-state index contributed by atoms with van der Waals surface area (Å²) in [7, 11) is 1.76. The Bertz CT molecular complexity index is 848. The molecule has 0 saturated carbocycles. The molecule has 2 aromatic carbocycles. The molecule has 0 bridgehead atoms. The van der Waals surface area contributed by atoms with Crippen LogP contribution in [0.5, 0.6) is 5.75 Å². The SMILES string of the molecule is COc1ccccc1N1CCN(CCCCCCN2CCN(c3cccc(Cl)c3)CC2)CC1. The zero-order valence-corrected chi connectivity index (χ0v) is 20.8. The molecule has 2 saturated heterocycles. The van der Waals surface area contributed by atoms with Crippen molar-refractivity contribution in [3.63, 3.8) is 0 Å². The normalized spacial score (nSPS) is 18.0. The highest BCUT2D eigenvalue weighted by atomic mass is 35.5. The first-order valence-electron chi connectivity index (χ1n) is 12.6. The highest BCUT2D eigenvalue weighted by Crippen LogP contribution is 2.28. The number of para-hydroxylation sites is 2. The first-order chi connectivity index (χ1) is 16.2. The van der Waals surface area contributed by atoms with Crippen molar-refractivity contribution >= 4 is 23.0 Å². The van der Waals surface area contributed by atoms with Gasteiger partial charge in [0.15, 0.2) is 0 Å². The van der Waals surface area contributed by atoms with E-state index in [4.69, 9.17) is 16.3 Å². The zero-order valence-electron chi connectivity index (χ0n) is 20.1.